The highest BCUT2D eigenvalue weighted by molar-refractivity contribution is 6.99. The van der Waals surface area contributed by atoms with Crippen LogP contribution in [0.15, 0.2) is 121 Å². The van der Waals surface area contributed by atoms with Gasteiger partial charge >= 0.3 is 0 Å². The minimum absolute atomic E-state index is 0.159. The van der Waals surface area contributed by atoms with Crippen LogP contribution in [0.2, 0.25) is 5.04 Å². The van der Waals surface area contributed by atoms with Crippen LogP contribution in [0.1, 0.15) is 38.3 Å². The summed E-state index contributed by atoms with van der Waals surface area (Å²) in [6.45, 7) is 7.89. The highest BCUT2D eigenvalue weighted by Gasteiger charge is 2.51. The molecule has 1 N–H and O–H groups in total. The van der Waals surface area contributed by atoms with Crippen molar-refractivity contribution < 1.29 is 23.7 Å². The summed E-state index contributed by atoms with van der Waals surface area (Å²) < 4.78 is 26.0. The molecule has 0 unspecified atom stereocenters. The average Bonchev–Trinajstić information content (AvgIpc) is 3.01. The summed E-state index contributed by atoms with van der Waals surface area (Å²) in [6.07, 6.45) is -1.96. The van der Waals surface area contributed by atoms with E-state index in [9.17, 15) is 5.11 Å². The Bertz CT molecular complexity index is 1310. The first-order valence-corrected chi connectivity index (χ1v) is 16.7. The van der Waals surface area contributed by atoms with Crippen molar-refractivity contribution in [2.75, 3.05) is 6.61 Å². The molecular formula is C36H42O5Si. The van der Waals surface area contributed by atoms with Gasteiger partial charge in [-0.1, -0.05) is 142 Å². The third-order valence-electron chi connectivity index (χ3n) is 7.97. The van der Waals surface area contributed by atoms with Gasteiger partial charge in [0.05, 0.1) is 32.0 Å². The summed E-state index contributed by atoms with van der Waals surface area (Å²) in [4.78, 5) is 0. The van der Waals surface area contributed by atoms with Crippen LogP contribution in [-0.4, -0.2) is 44.6 Å². The number of benzene rings is 4. The highest BCUT2D eigenvalue weighted by atomic mass is 28.4. The molecule has 1 fully saturated rings. The molecule has 4 aromatic rings. The topological polar surface area (TPSA) is 57.2 Å². The van der Waals surface area contributed by atoms with E-state index in [1.165, 1.54) is 10.4 Å². The predicted molar refractivity (Wildman–Crippen MR) is 169 cm³/mol. The Hall–Kier alpha value is -3.10. The van der Waals surface area contributed by atoms with E-state index in [0.29, 0.717) is 26.2 Å². The van der Waals surface area contributed by atoms with E-state index in [1.54, 1.807) is 0 Å². The molecule has 0 amide bonds. The van der Waals surface area contributed by atoms with Crippen molar-refractivity contribution >= 4 is 18.7 Å². The molecule has 1 saturated heterocycles. The maximum Gasteiger partial charge on any atom is 0.261 e. The molecule has 4 atom stereocenters. The van der Waals surface area contributed by atoms with E-state index >= 15 is 0 Å². The monoisotopic (exact) mass is 582 g/mol. The molecule has 0 bridgehead atoms. The van der Waals surface area contributed by atoms with Crippen LogP contribution < -0.4 is 10.4 Å². The Balaban J connectivity index is 1.38. The number of hydrogen-bond donors (Lipinski definition) is 1. The van der Waals surface area contributed by atoms with Crippen molar-refractivity contribution in [3.63, 3.8) is 0 Å². The van der Waals surface area contributed by atoms with Gasteiger partial charge in [0.2, 0.25) is 0 Å². The van der Waals surface area contributed by atoms with Gasteiger partial charge in [0.15, 0.2) is 6.29 Å². The number of aliphatic hydroxyl groups is 1. The lowest BCUT2D eigenvalue weighted by molar-refractivity contribution is -0.274. The third kappa shape index (κ3) is 7.09. The van der Waals surface area contributed by atoms with Gasteiger partial charge in [0, 0.05) is 6.42 Å². The Morgan fingerprint density at radius 3 is 1.62 bits per heavy atom. The van der Waals surface area contributed by atoms with Gasteiger partial charge in [0.1, 0.15) is 6.10 Å². The molecule has 5 rings (SSSR count). The standard InChI is InChI=1S/C36H42O5Si/c1-36(2,3)42(31-20-12-6-13-21-31,32-22-14-7-15-23-32)40-27-30-24-33(38-25-28-16-8-4-9-17-28)34(35(37)41-30)39-26-29-18-10-5-11-19-29/h4-23,30,33-35,37H,24-27H2,1-3H3/t30-,33-,34+,35+/m0/s1. The SMILES string of the molecule is CC(C)(C)[Si](OC[C@@H]1C[C@H](OCc2ccccc2)[C@@H](OCc2ccccc2)[C@H](O)O1)(c1ccccc1)c1ccccc1. The summed E-state index contributed by atoms with van der Waals surface area (Å²) in [5.74, 6) is 0. The zero-order valence-electron chi connectivity index (χ0n) is 24.8. The Morgan fingerprint density at radius 2 is 1.14 bits per heavy atom. The molecule has 220 valence electrons. The summed E-state index contributed by atoms with van der Waals surface area (Å²) in [6, 6.07) is 41.2. The maximum atomic E-state index is 11.2. The zero-order valence-corrected chi connectivity index (χ0v) is 25.8. The van der Waals surface area contributed by atoms with Crippen LogP contribution in [0.3, 0.4) is 0 Å². The van der Waals surface area contributed by atoms with Gasteiger partial charge in [-0.25, -0.2) is 0 Å². The molecule has 42 heavy (non-hydrogen) atoms. The first-order valence-electron chi connectivity index (χ1n) is 14.8. The summed E-state index contributed by atoms with van der Waals surface area (Å²) >= 11 is 0. The van der Waals surface area contributed by atoms with E-state index < -0.39 is 20.7 Å². The quantitative estimate of drug-likeness (QED) is 0.225. The third-order valence-corrected chi connectivity index (χ3v) is 13.0. The Labute approximate surface area is 251 Å². The largest absolute Gasteiger partial charge is 0.405 e. The van der Waals surface area contributed by atoms with Crippen LogP contribution in [0.5, 0.6) is 0 Å². The summed E-state index contributed by atoms with van der Waals surface area (Å²) in [5, 5.41) is 13.5. The van der Waals surface area contributed by atoms with Crippen molar-refractivity contribution in [3.05, 3.63) is 132 Å². The first kappa shape index (κ1) is 30.4. The molecule has 0 saturated carbocycles. The first-order chi connectivity index (χ1) is 20.4. The van der Waals surface area contributed by atoms with Crippen LogP contribution in [0.25, 0.3) is 0 Å². The van der Waals surface area contributed by atoms with Gasteiger partial charge in [0.25, 0.3) is 8.32 Å². The van der Waals surface area contributed by atoms with Gasteiger partial charge in [-0.3, -0.25) is 0 Å². The summed E-state index contributed by atoms with van der Waals surface area (Å²) in [7, 11) is -2.76. The highest BCUT2D eigenvalue weighted by Crippen LogP contribution is 2.37. The molecule has 1 aliphatic rings. The van der Waals surface area contributed by atoms with Crippen molar-refractivity contribution in [3.8, 4) is 0 Å². The minimum Gasteiger partial charge on any atom is -0.405 e. The molecule has 1 aliphatic heterocycles. The van der Waals surface area contributed by atoms with E-state index in [4.69, 9.17) is 18.6 Å². The summed E-state index contributed by atoms with van der Waals surface area (Å²) in [5.41, 5.74) is 2.10. The normalized spacial score (nSPS) is 21.2. The predicted octanol–water partition coefficient (Wildman–Crippen LogP) is 5.84. The van der Waals surface area contributed by atoms with E-state index in [1.807, 2.05) is 72.8 Å². The second-order valence-electron chi connectivity index (χ2n) is 12.0. The van der Waals surface area contributed by atoms with E-state index in [2.05, 4.69) is 69.3 Å². The molecule has 0 aliphatic carbocycles. The van der Waals surface area contributed by atoms with Gasteiger partial charge in [-0.15, -0.1) is 0 Å². The fraction of sp³-hybridized carbons (Fsp3) is 0.333. The van der Waals surface area contributed by atoms with Crippen LogP contribution in [0.4, 0.5) is 0 Å². The Morgan fingerprint density at radius 1 is 0.690 bits per heavy atom. The number of rotatable bonds is 11. The van der Waals surface area contributed by atoms with Gasteiger partial charge < -0.3 is 23.7 Å². The number of hydrogen-bond acceptors (Lipinski definition) is 5. The van der Waals surface area contributed by atoms with Crippen molar-refractivity contribution in [2.45, 2.75) is 70.0 Å². The second kappa shape index (κ2) is 13.9. The Kier molecular flexibility index (Phi) is 10.1. The van der Waals surface area contributed by atoms with Crippen molar-refractivity contribution in [2.24, 2.45) is 0 Å². The fourth-order valence-electron chi connectivity index (χ4n) is 5.89. The zero-order chi connectivity index (χ0) is 29.4. The lowest BCUT2D eigenvalue weighted by Crippen LogP contribution is -2.67. The molecule has 0 spiro atoms. The van der Waals surface area contributed by atoms with Crippen LogP contribution in [-0.2, 0) is 31.9 Å². The fourth-order valence-corrected chi connectivity index (χ4v) is 10.5. The smallest absolute Gasteiger partial charge is 0.261 e. The van der Waals surface area contributed by atoms with Crippen LogP contribution in [0, 0.1) is 0 Å². The van der Waals surface area contributed by atoms with E-state index in [0.717, 1.165) is 11.1 Å². The maximum absolute atomic E-state index is 11.2. The number of ether oxygens (including phenoxy) is 3. The average molecular weight is 583 g/mol. The lowest BCUT2D eigenvalue weighted by atomic mass is 10.0. The molecule has 0 aromatic heterocycles. The lowest BCUT2D eigenvalue weighted by Gasteiger charge is -2.45. The van der Waals surface area contributed by atoms with Crippen LogP contribution >= 0.6 is 0 Å². The minimum atomic E-state index is -2.76. The van der Waals surface area contributed by atoms with E-state index in [-0.39, 0.29) is 17.2 Å². The number of aliphatic hydroxyl groups excluding tert-OH is 1. The molecule has 6 heteroatoms. The molecule has 0 radical (unpaired) electrons. The van der Waals surface area contributed by atoms with Gasteiger partial charge in [-0.05, 0) is 26.5 Å². The van der Waals surface area contributed by atoms with Crippen molar-refractivity contribution in [1.29, 1.82) is 0 Å². The second-order valence-corrected chi connectivity index (χ2v) is 16.3. The van der Waals surface area contributed by atoms with Crippen molar-refractivity contribution in [1.82, 2.24) is 0 Å². The molecular weight excluding hydrogens is 540 g/mol. The van der Waals surface area contributed by atoms with Gasteiger partial charge in [-0.2, -0.15) is 0 Å². The molecule has 1 heterocycles. The molecule has 5 nitrogen and oxygen atoms in total. The molecule has 4 aromatic carbocycles.